The van der Waals surface area contributed by atoms with Gasteiger partial charge in [0.2, 0.25) is 0 Å². The van der Waals surface area contributed by atoms with Crippen molar-refractivity contribution in [3.05, 3.63) is 89.2 Å². The summed E-state index contributed by atoms with van der Waals surface area (Å²) in [5.41, 5.74) is 9.72. The van der Waals surface area contributed by atoms with Gasteiger partial charge in [0.1, 0.15) is 11.4 Å². The summed E-state index contributed by atoms with van der Waals surface area (Å²) >= 11 is 0. The van der Waals surface area contributed by atoms with Gasteiger partial charge in [0.05, 0.1) is 16.7 Å². The predicted octanol–water partition coefficient (Wildman–Crippen LogP) is 8.58. The molecule has 4 nitrogen and oxygen atoms in total. The van der Waals surface area contributed by atoms with E-state index < -0.39 is 0 Å². The smallest absolute Gasteiger partial charge is 0.153 e. The number of anilines is 3. The van der Waals surface area contributed by atoms with Crippen molar-refractivity contribution in [1.29, 1.82) is 0 Å². The third-order valence-electron chi connectivity index (χ3n) is 6.90. The molecule has 3 heterocycles. The van der Waals surface area contributed by atoms with Gasteiger partial charge in [-0.05, 0) is 79.3 Å². The molecule has 0 saturated heterocycles. The largest absolute Gasteiger partial charge is 0.453 e. The number of hydrogen-bond donors (Lipinski definition) is 0. The number of ether oxygens (including phenoxy) is 1. The molecule has 0 fully saturated rings. The average molecular weight is 460 g/mol. The SMILES string of the molecule is Cc1ccc2ccc3c(c2n1)N(c1c(C)cc(C(C)(C)C)cc1C)c1c(ccc2cccnc12)O3. The second-order valence-corrected chi connectivity index (χ2v) is 10.6. The number of hydrogen-bond acceptors (Lipinski definition) is 4. The first-order valence-corrected chi connectivity index (χ1v) is 12.1. The fourth-order valence-corrected chi connectivity index (χ4v) is 5.16. The second kappa shape index (κ2) is 7.54. The van der Waals surface area contributed by atoms with E-state index in [9.17, 15) is 0 Å². The topological polar surface area (TPSA) is 38.2 Å². The molecule has 0 radical (unpaired) electrons. The van der Waals surface area contributed by atoms with E-state index in [-0.39, 0.29) is 5.41 Å². The summed E-state index contributed by atoms with van der Waals surface area (Å²) in [5, 5.41) is 2.16. The van der Waals surface area contributed by atoms with Crippen molar-refractivity contribution in [3.63, 3.8) is 0 Å². The van der Waals surface area contributed by atoms with Crippen LogP contribution in [0.5, 0.6) is 11.5 Å². The molecule has 0 aliphatic carbocycles. The quantitative estimate of drug-likeness (QED) is 0.247. The summed E-state index contributed by atoms with van der Waals surface area (Å²) in [6, 6.07) is 21.2. The molecule has 35 heavy (non-hydrogen) atoms. The first-order chi connectivity index (χ1) is 16.7. The molecule has 0 N–H and O–H groups in total. The first-order valence-electron chi connectivity index (χ1n) is 12.1. The Labute approximate surface area is 206 Å². The van der Waals surface area contributed by atoms with Gasteiger partial charge in [-0.25, -0.2) is 0 Å². The Morgan fingerprint density at radius 2 is 1.31 bits per heavy atom. The Morgan fingerprint density at radius 3 is 1.97 bits per heavy atom. The molecule has 0 amide bonds. The lowest BCUT2D eigenvalue weighted by molar-refractivity contribution is 0.478. The van der Waals surface area contributed by atoms with Crippen LogP contribution in [0.2, 0.25) is 0 Å². The highest BCUT2D eigenvalue weighted by atomic mass is 16.5. The van der Waals surface area contributed by atoms with Gasteiger partial charge in [0, 0.05) is 22.7 Å². The van der Waals surface area contributed by atoms with Crippen LogP contribution in [0.15, 0.2) is 66.9 Å². The van der Waals surface area contributed by atoms with E-state index >= 15 is 0 Å². The molecule has 1 aliphatic rings. The van der Waals surface area contributed by atoms with Crippen molar-refractivity contribution >= 4 is 38.9 Å². The number of aryl methyl sites for hydroxylation is 3. The van der Waals surface area contributed by atoms with Crippen LogP contribution < -0.4 is 9.64 Å². The normalized spacial score (nSPS) is 13.0. The standard InChI is InChI=1S/C31H29N3O/c1-18-16-23(31(4,5)6)17-19(2)28(18)34-29-24(13-11-21-8-7-15-32-26(21)29)35-25-14-12-22-10-9-20(3)33-27(22)30(25)34/h7-17H,1-6H3. The molecule has 0 unspecified atom stereocenters. The molecule has 3 aromatic carbocycles. The highest BCUT2D eigenvalue weighted by Crippen LogP contribution is 2.56. The predicted molar refractivity (Wildman–Crippen MR) is 145 cm³/mol. The van der Waals surface area contributed by atoms with Gasteiger partial charge in [-0.2, -0.15) is 0 Å². The van der Waals surface area contributed by atoms with Gasteiger partial charge >= 0.3 is 0 Å². The van der Waals surface area contributed by atoms with Gasteiger partial charge in [-0.15, -0.1) is 0 Å². The molecule has 174 valence electrons. The average Bonchev–Trinajstić information content (AvgIpc) is 2.82. The minimum absolute atomic E-state index is 0.0640. The number of nitrogens with zero attached hydrogens (tertiary/aromatic N) is 3. The van der Waals surface area contributed by atoms with Crippen LogP contribution in [0.3, 0.4) is 0 Å². The van der Waals surface area contributed by atoms with Crippen molar-refractivity contribution < 1.29 is 4.74 Å². The van der Waals surface area contributed by atoms with Crippen LogP contribution in [0.4, 0.5) is 17.1 Å². The van der Waals surface area contributed by atoms with Crippen LogP contribution in [0.1, 0.15) is 43.2 Å². The lowest BCUT2D eigenvalue weighted by Crippen LogP contribution is -2.20. The number of fused-ring (bicyclic) bond motifs is 6. The number of aromatic nitrogens is 2. The van der Waals surface area contributed by atoms with Gasteiger partial charge in [0.25, 0.3) is 0 Å². The van der Waals surface area contributed by atoms with Crippen LogP contribution >= 0.6 is 0 Å². The Kier molecular flexibility index (Phi) is 4.65. The molecule has 0 saturated carbocycles. The molecule has 0 bridgehead atoms. The maximum Gasteiger partial charge on any atom is 0.153 e. The molecular formula is C31H29N3O. The van der Waals surface area contributed by atoms with Crippen LogP contribution in [-0.4, -0.2) is 9.97 Å². The molecule has 4 heteroatoms. The summed E-state index contributed by atoms with van der Waals surface area (Å²) in [5.74, 6) is 1.60. The fourth-order valence-electron chi connectivity index (χ4n) is 5.16. The van der Waals surface area contributed by atoms with Gasteiger partial charge in [-0.3, -0.25) is 14.9 Å². The summed E-state index contributed by atoms with van der Waals surface area (Å²) in [6.07, 6.45) is 1.85. The highest BCUT2D eigenvalue weighted by molar-refractivity contribution is 6.08. The Balaban J connectivity index is 1.76. The van der Waals surface area contributed by atoms with Crippen LogP contribution in [0, 0.1) is 20.8 Å². The van der Waals surface area contributed by atoms with Crippen molar-refractivity contribution in [3.8, 4) is 11.5 Å². The summed E-state index contributed by atoms with van der Waals surface area (Å²) in [7, 11) is 0. The van der Waals surface area contributed by atoms with E-state index in [1.165, 1.54) is 16.7 Å². The van der Waals surface area contributed by atoms with Crippen LogP contribution in [-0.2, 0) is 5.41 Å². The van der Waals surface area contributed by atoms with Crippen molar-refractivity contribution in [1.82, 2.24) is 9.97 Å². The van der Waals surface area contributed by atoms with E-state index in [2.05, 4.69) is 94.1 Å². The third kappa shape index (κ3) is 3.35. The molecule has 6 rings (SSSR count). The Bertz CT molecular complexity index is 1620. The first kappa shape index (κ1) is 21.6. The summed E-state index contributed by atoms with van der Waals surface area (Å²) in [6.45, 7) is 13.2. The zero-order valence-electron chi connectivity index (χ0n) is 21.1. The Morgan fingerprint density at radius 1 is 0.714 bits per heavy atom. The van der Waals surface area contributed by atoms with E-state index in [0.717, 1.165) is 56.1 Å². The monoisotopic (exact) mass is 459 g/mol. The minimum Gasteiger partial charge on any atom is -0.453 e. The van der Waals surface area contributed by atoms with Gasteiger partial charge in [-0.1, -0.05) is 45.0 Å². The third-order valence-corrected chi connectivity index (χ3v) is 6.90. The molecular weight excluding hydrogens is 430 g/mol. The van der Waals surface area contributed by atoms with Crippen molar-refractivity contribution in [2.75, 3.05) is 4.90 Å². The molecule has 5 aromatic rings. The number of pyridine rings is 2. The molecule has 0 atom stereocenters. The minimum atomic E-state index is 0.0640. The fraction of sp³-hybridized carbons (Fsp3) is 0.226. The summed E-state index contributed by atoms with van der Waals surface area (Å²) in [4.78, 5) is 12.1. The maximum absolute atomic E-state index is 6.52. The number of rotatable bonds is 1. The lowest BCUT2D eigenvalue weighted by Gasteiger charge is -2.36. The highest BCUT2D eigenvalue weighted by Gasteiger charge is 2.33. The zero-order valence-corrected chi connectivity index (χ0v) is 21.1. The zero-order chi connectivity index (χ0) is 24.5. The van der Waals surface area contributed by atoms with E-state index in [4.69, 9.17) is 14.7 Å². The van der Waals surface area contributed by atoms with Crippen LogP contribution in [0.25, 0.3) is 21.8 Å². The van der Waals surface area contributed by atoms with Crippen molar-refractivity contribution in [2.24, 2.45) is 0 Å². The second-order valence-electron chi connectivity index (χ2n) is 10.6. The van der Waals surface area contributed by atoms with E-state index in [1.807, 2.05) is 19.2 Å². The number of benzene rings is 3. The molecule has 0 spiro atoms. The van der Waals surface area contributed by atoms with Gasteiger partial charge in [0.15, 0.2) is 11.5 Å². The summed E-state index contributed by atoms with van der Waals surface area (Å²) < 4.78 is 6.52. The molecule has 2 aromatic heterocycles. The Hall–Kier alpha value is -3.92. The lowest BCUT2D eigenvalue weighted by atomic mass is 9.84. The van der Waals surface area contributed by atoms with E-state index in [1.54, 1.807) is 0 Å². The maximum atomic E-state index is 6.52. The molecule has 1 aliphatic heterocycles. The van der Waals surface area contributed by atoms with Crippen molar-refractivity contribution in [2.45, 2.75) is 47.0 Å². The van der Waals surface area contributed by atoms with Gasteiger partial charge < -0.3 is 4.74 Å². The van der Waals surface area contributed by atoms with E-state index in [0.29, 0.717) is 0 Å².